The van der Waals surface area contributed by atoms with Crippen molar-refractivity contribution in [3.63, 3.8) is 0 Å². The molecule has 0 amide bonds. The molecule has 6 rings (SSSR count). The molecule has 0 fully saturated rings. The maximum Gasteiger partial charge on any atom is 0.123 e. The largest absolute Gasteiger partial charge is 0.207 e. The second-order valence-corrected chi connectivity index (χ2v) is 9.93. The van der Waals surface area contributed by atoms with Crippen molar-refractivity contribution >= 4 is 0 Å². The van der Waals surface area contributed by atoms with Crippen molar-refractivity contribution in [2.24, 2.45) is 0 Å². The van der Waals surface area contributed by atoms with Gasteiger partial charge in [0.05, 0.1) is 0 Å². The van der Waals surface area contributed by atoms with Crippen LogP contribution in [-0.4, -0.2) is 0 Å². The number of aryl methyl sites for hydroxylation is 2. The van der Waals surface area contributed by atoms with Gasteiger partial charge in [-0.05, 0) is 95.2 Å². The Bertz CT molecular complexity index is 1280. The zero-order valence-electron chi connectivity index (χ0n) is 19.4. The quantitative estimate of drug-likeness (QED) is 0.300. The van der Waals surface area contributed by atoms with Crippen LogP contribution in [0.5, 0.6) is 0 Å². The van der Waals surface area contributed by atoms with Crippen molar-refractivity contribution in [2.45, 2.75) is 50.9 Å². The highest BCUT2D eigenvalue weighted by Crippen LogP contribution is 2.53. The van der Waals surface area contributed by atoms with E-state index in [9.17, 15) is 4.39 Å². The van der Waals surface area contributed by atoms with Crippen LogP contribution in [0.25, 0.3) is 11.1 Å². The third-order valence-electron chi connectivity index (χ3n) is 8.10. The molecule has 0 aromatic heterocycles. The van der Waals surface area contributed by atoms with Crippen molar-refractivity contribution in [1.82, 2.24) is 0 Å². The lowest BCUT2D eigenvalue weighted by Crippen LogP contribution is -2.35. The first-order chi connectivity index (χ1) is 16.1. The molecule has 33 heavy (non-hydrogen) atoms. The summed E-state index contributed by atoms with van der Waals surface area (Å²) in [4.78, 5) is 0. The lowest BCUT2D eigenvalue weighted by atomic mass is 9.58. The number of fused-ring (bicyclic) bond motifs is 5. The van der Waals surface area contributed by atoms with Crippen LogP contribution in [0, 0.1) is 12.7 Å². The SMILES string of the molecule is Cc1ccc(C2(c3ccc(F)cc3)CCC(C)c3c2ccc2c3CCc3ccccc3-2)cc1. The van der Waals surface area contributed by atoms with Crippen molar-refractivity contribution < 1.29 is 4.39 Å². The van der Waals surface area contributed by atoms with Crippen molar-refractivity contribution in [3.05, 3.63) is 130 Å². The molecule has 0 aliphatic heterocycles. The zero-order chi connectivity index (χ0) is 22.6. The molecule has 0 radical (unpaired) electrons. The van der Waals surface area contributed by atoms with Gasteiger partial charge < -0.3 is 0 Å². The highest BCUT2D eigenvalue weighted by Gasteiger charge is 2.43. The molecule has 4 aromatic carbocycles. The van der Waals surface area contributed by atoms with Crippen molar-refractivity contribution in [1.29, 1.82) is 0 Å². The first-order valence-electron chi connectivity index (χ1n) is 12.2. The van der Waals surface area contributed by atoms with Crippen molar-refractivity contribution in [2.75, 3.05) is 0 Å². The van der Waals surface area contributed by atoms with E-state index in [4.69, 9.17) is 0 Å². The molecule has 0 spiro atoms. The Balaban J connectivity index is 1.65. The van der Waals surface area contributed by atoms with Gasteiger partial charge in [-0.2, -0.15) is 0 Å². The average molecular weight is 433 g/mol. The van der Waals surface area contributed by atoms with Gasteiger partial charge in [0.1, 0.15) is 5.82 Å². The van der Waals surface area contributed by atoms with E-state index in [-0.39, 0.29) is 11.2 Å². The van der Waals surface area contributed by atoms with Gasteiger partial charge in [0.15, 0.2) is 0 Å². The molecule has 1 heteroatoms. The van der Waals surface area contributed by atoms with E-state index >= 15 is 0 Å². The fraction of sp³-hybridized carbons (Fsp3) is 0.250. The van der Waals surface area contributed by atoms with Crippen LogP contribution in [0.3, 0.4) is 0 Å². The second-order valence-electron chi connectivity index (χ2n) is 9.93. The van der Waals surface area contributed by atoms with Crippen LogP contribution in [0.1, 0.15) is 64.6 Å². The topological polar surface area (TPSA) is 0 Å². The monoisotopic (exact) mass is 432 g/mol. The van der Waals surface area contributed by atoms with Crippen LogP contribution in [0.2, 0.25) is 0 Å². The maximum atomic E-state index is 14.0. The summed E-state index contributed by atoms with van der Waals surface area (Å²) in [6, 6.07) is 29.9. The summed E-state index contributed by atoms with van der Waals surface area (Å²) in [5, 5.41) is 0. The van der Waals surface area contributed by atoms with Crippen LogP contribution in [-0.2, 0) is 18.3 Å². The van der Waals surface area contributed by atoms with E-state index in [0.29, 0.717) is 5.92 Å². The van der Waals surface area contributed by atoms with Crippen LogP contribution in [0.15, 0.2) is 84.9 Å². The average Bonchev–Trinajstić information content (AvgIpc) is 2.85. The molecule has 0 saturated carbocycles. The molecule has 2 aliphatic carbocycles. The first-order valence-corrected chi connectivity index (χ1v) is 12.2. The predicted octanol–water partition coefficient (Wildman–Crippen LogP) is 8.13. The van der Waals surface area contributed by atoms with Gasteiger partial charge >= 0.3 is 0 Å². The van der Waals surface area contributed by atoms with Crippen LogP contribution < -0.4 is 0 Å². The van der Waals surface area contributed by atoms with Crippen LogP contribution >= 0.6 is 0 Å². The molecular formula is C32H29F. The van der Waals surface area contributed by atoms with Gasteiger partial charge in [0.2, 0.25) is 0 Å². The molecule has 4 aromatic rings. The Kier molecular flexibility index (Phi) is 4.76. The lowest BCUT2D eigenvalue weighted by molar-refractivity contribution is 0.453. The standard InChI is InChI=1S/C32H29F/c1-21-7-10-24(11-8-21)32(25-12-14-26(33)15-13-25)20-19-22(2)31-29-16-9-23-5-3-4-6-27(23)28(29)17-18-30(31)32/h3-8,10-15,17-18,22H,9,16,19-20H2,1-2H3. The molecule has 2 atom stereocenters. The zero-order valence-corrected chi connectivity index (χ0v) is 19.4. The second kappa shape index (κ2) is 7.70. The van der Waals surface area contributed by atoms with Gasteiger partial charge in [-0.3, -0.25) is 0 Å². The summed E-state index contributed by atoms with van der Waals surface area (Å²) in [6.45, 7) is 4.53. The predicted molar refractivity (Wildman–Crippen MR) is 134 cm³/mol. The molecule has 2 aliphatic rings. The number of benzene rings is 4. The summed E-state index contributed by atoms with van der Waals surface area (Å²) >= 11 is 0. The first kappa shape index (κ1) is 20.4. The van der Waals surface area contributed by atoms with Gasteiger partial charge in [-0.25, -0.2) is 4.39 Å². The Morgan fingerprint density at radius 2 is 1.45 bits per heavy atom. The van der Waals surface area contributed by atoms with Crippen molar-refractivity contribution in [3.8, 4) is 11.1 Å². The molecule has 0 saturated heterocycles. The summed E-state index contributed by atoms with van der Waals surface area (Å²) in [7, 11) is 0. The van der Waals surface area contributed by atoms with Gasteiger partial charge in [0, 0.05) is 5.41 Å². The summed E-state index contributed by atoms with van der Waals surface area (Å²) in [6.07, 6.45) is 4.34. The molecule has 0 nitrogen and oxygen atoms in total. The molecule has 0 N–H and O–H groups in total. The smallest absolute Gasteiger partial charge is 0.123 e. The van der Waals surface area contributed by atoms with E-state index in [1.54, 1.807) is 12.1 Å². The van der Waals surface area contributed by atoms with Gasteiger partial charge in [-0.15, -0.1) is 0 Å². The van der Waals surface area contributed by atoms with E-state index < -0.39 is 0 Å². The highest BCUT2D eigenvalue weighted by atomic mass is 19.1. The summed E-state index contributed by atoms with van der Waals surface area (Å²) in [5.41, 5.74) is 12.2. The third kappa shape index (κ3) is 3.09. The number of halogens is 1. The van der Waals surface area contributed by atoms with E-state index in [0.717, 1.165) is 25.7 Å². The summed E-state index contributed by atoms with van der Waals surface area (Å²) < 4.78 is 14.0. The number of hydrogen-bond acceptors (Lipinski definition) is 0. The Morgan fingerprint density at radius 3 is 2.21 bits per heavy atom. The highest BCUT2D eigenvalue weighted by molar-refractivity contribution is 5.76. The lowest BCUT2D eigenvalue weighted by Gasteiger charge is -2.44. The van der Waals surface area contributed by atoms with Gasteiger partial charge in [-0.1, -0.05) is 85.3 Å². The number of rotatable bonds is 2. The minimum atomic E-state index is -0.255. The minimum absolute atomic E-state index is 0.177. The Labute approximate surface area is 196 Å². The Hall–Kier alpha value is -3.19. The fourth-order valence-corrected chi connectivity index (χ4v) is 6.43. The molecule has 2 unspecified atom stereocenters. The molecule has 0 bridgehead atoms. The normalized spacial score (nSPS) is 21.1. The van der Waals surface area contributed by atoms with E-state index in [1.807, 2.05) is 12.1 Å². The van der Waals surface area contributed by atoms with Crippen LogP contribution in [0.4, 0.5) is 4.39 Å². The Morgan fingerprint density at radius 1 is 0.758 bits per heavy atom. The minimum Gasteiger partial charge on any atom is -0.207 e. The van der Waals surface area contributed by atoms with Gasteiger partial charge in [0.25, 0.3) is 0 Å². The maximum absolute atomic E-state index is 14.0. The number of hydrogen-bond donors (Lipinski definition) is 0. The molecule has 0 heterocycles. The van der Waals surface area contributed by atoms with E-state index in [2.05, 4.69) is 74.5 Å². The van der Waals surface area contributed by atoms with E-state index in [1.165, 1.54) is 50.1 Å². The third-order valence-corrected chi connectivity index (χ3v) is 8.10. The fourth-order valence-electron chi connectivity index (χ4n) is 6.43. The molecule has 164 valence electrons. The summed E-state index contributed by atoms with van der Waals surface area (Å²) in [5.74, 6) is 0.337. The molecular weight excluding hydrogens is 403 g/mol.